The molecule has 0 saturated heterocycles. The third-order valence-electron chi connectivity index (χ3n) is 1.20. The highest BCUT2D eigenvalue weighted by atomic mass is 16.4. The second kappa shape index (κ2) is 4.63. The van der Waals surface area contributed by atoms with Crippen LogP contribution in [0.2, 0.25) is 0 Å². The van der Waals surface area contributed by atoms with Gasteiger partial charge >= 0.3 is 0 Å². The van der Waals surface area contributed by atoms with Crippen LogP contribution >= 0.6 is 0 Å². The summed E-state index contributed by atoms with van der Waals surface area (Å²) < 4.78 is 0. The van der Waals surface area contributed by atoms with Crippen LogP contribution in [0, 0.1) is 0 Å². The van der Waals surface area contributed by atoms with Crippen LogP contribution in [0.5, 0.6) is 0 Å². The first-order chi connectivity index (χ1) is 5.54. The number of carbonyl (C=O) groups excluding carboxylic acids is 2. The summed E-state index contributed by atoms with van der Waals surface area (Å²) in [5.74, 6) is -0.254. The van der Waals surface area contributed by atoms with E-state index in [1.165, 1.54) is 0 Å². The van der Waals surface area contributed by atoms with Crippen molar-refractivity contribution in [3.05, 3.63) is 5.76 Å². The number of aliphatic hydroxyl groups is 4. The lowest BCUT2D eigenvalue weighted by atomic mass is 10.1. The summed E-state index contributed by atoms with van der Waals surface area (Å²) in [6.07, 6.45) is -5.81. The normalized spacial score (nSPS) is 17.2. The predicted octanol–water partition coefficient (Wildman–Crippen LogP) is -2.46. The molecule has 0 fully saturated rings. The van der Waals surface area contributed by atoms with Crippen molar-refractivity contribution >= 4 is 12.2 Å². The van der Waals surface area contributed by atoms with E-state index >= 15 is 0 Å². The Morgan fingerprint density at radius 1 is 1.33 bits per heavy atom. The molecule has 0 bridgehead atoms. The molecule has 0 aromatic carbocycles. The molecule has 6 heteroatoms. The number of carbonyl (C=O) groups is 1. The SMILES string of the molecule is O=C=C(O)C(O)C(O)C(O)C=O. The van der Waals surface area contributed by atoms with Gasteiger partial charge in [-0.2, -0.15) is 0 Å². The topological polar surface area (TPSA) is 115 Å². The van der Waals surface area contributed by atoms with Crippen LogP contribution in [0.3, 0.4) is 0 Å². The van der Waals surface area contributed by atoms with Crippen molar-refractivity contribution in [3.63, 3.8) is 0 Å². The minimum atomic E-state index is -2.00. The van der Waals surface area contributed by atoms with Crippen molar-refractivity contribution in [2.75, 3.05) is 0 Å². The largest absolute Gasteiger partial charge is 0.500 e. The molecule has 0 aliphatic carbocycles. The average molecular weight is 176 g/mol. The number of hydrogen-bond donors (Lipinski definition) is 4. The maximum atomic E-state index is 9.85. The first-order valence-electron chi connectivity index (χ1n) is 2.98. The van der Waals surface area contributed by atoms with E-state index < -0.39 is 24.1 Å². The molecular formula is C6H8O6. The van der Waals surface area contributed by atoms with Gasteiger partial charge in [-0.3, -0.25) is 0 Å². The van der Waals surface area contributed by atoms with Gasteiger partial charge in [0.2, 0.25) is 5.76 Å². The fourth-order valence-electron chi connectivity index (χ4n) is 0.489. The monoisotopic (exact) mass is 176 g/mol. The summed E-state index contributed by atoms with van der Waals surface area (Å²) >= 11 is 0. The summed E-state index contributed by atoms with van der Waals surface area (Å²) in [6, 6.07) is 0. The summed E-state index contributed by atoms with van der Waals surface area (Å²) in [6.45, 7) is 0. The van der Waals surface area contributed by atoms with E-state index in [2.05, 4.69) is 0 Å². The zero-order chi connectivity index (χ0) is 9.72. The van der Waals surface area contributed by atoms with Gasteiger partial charge in [-0.1, -0.05) is 0 Å². The molecule has 6 nitrogen and oxygen atoms in total. The Hall–Kier alpha value is -1.20. The zero-order valence-electron chi connectivity index (χ0n) is 5.91. The molecule has 0 aliphatic heterocycles. The number of aldehydes is 1. The van der Waals surface area contributed by atoms with Gasteiger partial charge < -0.3 is 25.2 Å². The average Bonchev–Trinajstić information content (AvgIpc) is 2.12. The van der Waals surface area contributed by atoms with Crippen LogP contribution in [0.4, 0.5) is 0 Å². The summed E-state index contributed by atoms with van der Waals surface area (Å²) in [7, 11) is 0. The van der Waals surface area contributed by atoms with Crippen LogP contribution in [-0.4, -0.2) is 51.0 Å². The van der Waals surface area contributed by atoms with Gasteiger partial charge in [0.05, 0.1) is 0 Å². The van der Waals surface area contributed by atoms with Crippen molar-refractivity contribution in [1.29, 1.82) is 0 Å². The first kappa shape index (κ1) is 10.8. The van der Waals surface area contributed by atoms with Crippen LogP contribution in [-0.2, 0) is 9.59 Å². The smallest absolute Gasteiger partial charge is 0.208 e. The third kappa shape index (κ3) is 2.44. The van der Waals surface area contributed by atoms with Gasteiger partial charge in [-0.05, 0) is 0 Å². The number of hydrogen-bond acceptors (Lipinski definition) is 6. The molecule has 3 atom stereocenters. The molecule has 0 aromatic rings. The Bertz CT molecular complexity index is 206. The zero-order valence-corrected chi connectivity index (χ0v) is 5.91. The lowest BCUT2D eigenvalue weighted by molar-refractivity contribution is -0.125. The fraction of sp³-hybridized carbons (Fsp3) is 0.500. The van der Waals surface area contributed by atoms with Gasteiger partial charge in [0.1, 0.15) is 12.2 Å². The van der Waals surface area contributed by atoms with E-state index in [9.17, 15) is 9.59 Å². The Kier molecular flexibility index (Phi) is 4.17. The summed E-state index contributed by atoms with van der Waals surface area (Å²) in [5, 5.41) is 34.7. The maximum Gasteiger partial charge on any atom is 0.208 e. The second-order valence-corrected chi connectivity index (χ2v) is 2.05. The van der Waals surface area contributed by atoms with Crippen molar-refractivity contribution in [2.45, 2.75) is 18.3 Å². The van der Waals surface area contributed by atoms with Crippen LogP contribution < -0.4 is 0 Å². The van der Waals surface area contributed by atoms with Crippen molar-refractivity contribution in [2.24, 2.45) is 0 Å². The molecule has 0 amide bonds. The van der Waals surface area contributed by atoms with Crippen LogP contribution in [0.15, 0.2) is 5.76 Å². The van der Waals surface area contributed by atoms with Gasteiger partial charge in [0.15, 0.2) is 18.3 Å². The standard InChI is InChI=1S/C6H8O6/c7-1-3(9)5(11)6(12)4(10)2-8/h1,3,5-6,9-12H. The van der Waals surface area contributed by atoms with Crippen LogP contribution in [0.1, 0.15) is 0 Å². The van der Waals surface area contributed by atoms with Crippen molar-refractivity contribution < 1.29 is 30.0 Å². The predicted molar refractivity (Wildman–Crippen MR) is 35.9 cm³/mol. The van der Waals surface area contributed by atoms with Gasteiger partial charge in [0, 0.05) is 0 Å². The van der Waals surface area contributed by atoms with E-state index in [-0.39, 0.29) is 6.29 Å². The molecule has 3 unspecified atom stereocenters. The minimum Gasteiger partial charge on any atom is -0.500 e. The molecule has 0 heterocycles. The van der Waals surface area contributed by atoms with Crippen LogP contribution in [0.25, 0.3) is 0 Å². The van der Waals surface area contributed by atoms with E-state index in [1.54, 1.807) is 0 Å². The molecule has 12 heavy (non-hydrogen) atoms. The Morgan fingerprint density at radius 2 is 1.83 bits per heavy atom. The van der Waals surface area contributed by atoms with E-state index in [0.717, 1.165) is 5.94 Å². The number of rotatable bonds is 4. The molecule has 0 aromatic heterocycles. The molecule has 0 spiro atoms. The lowest BCUT2D eigenvalue weighted by Crippen LogP contribution is -2.39. The van der Waals surface area contributed by atoms with E-state index in [0.29, 0.717) is 0 Å². The third-order valence-corrected chi connectivity index (χ3v) is 1.20. The molecule has 4 N–H and O–H groups in total. The van der Waals surface area contributed by atoms with Gasteiger partial charge in [-0.15, -0.1) is 0 Å². The van der Waals surface area contributed by atoms with Crippen molar-refractivity contribution in [3.8, 4) is 0 Å². The fourth-order valence-corrected chi connectivity index (χ4v) is 0.489. The van der Waals surface area contributed by atoms with Crippen molar-refractivity contribution in [1.82, 2.24) is 0 Å². The van der Waals surface area contributed by atoms with E-state index in [1.807, 2.05) is 0 Å². The highest BCUT2D eigenvalue weighted by Gasteiger charge is 2.27. The van der Waals surface area contributed by atoms with Gasteiger partial charge in [-0.25, -0.2) is 4.79 Å². The highest BCUT2D eigenvalue weighted by Crippen LogP contribution is 2.03. The van der Waals surface area contributed by atoms with E-state index in [4.69, 9.17) is 20.4 Å². The molecule has 0 radical (unpaired) electrons. The Labute approximate surface area is 67.4 Å². The highest BCUT2D eigenvalue weighted by molar-refractivity contribution is 5.58. The minimum absolute atomic E-state index is 0.0357. The van der Waals surface area contributed by atoms with Gasteiger partial charge in [0.25, 0.3) is 0 Å². The molecule has 0 aliphatic rings. The number of aliphatic hydroxyl groups excluding tert-OH is 4. The molecule has 0 saturated carbocycles. The lowest BCUT2D eigenvalue weighted by Gasteiger charge is -2.16. The molecule has 68 valence electrons. The Morgan fingerprint density at radius 3 is 2.17 bits per heavy atom. The quantitative estimate of drug-likeness (QED) is 0.214. The summed E-state index contributed by atoms with van der Waals surface area (Å²) in [4.78, 5) is 19.6. The summed E-state index contributed by atoms with van der Waals surface area (Å²) in [5.41, 5.74) is 0. The second-order valence-electron chi connectivity index (χ2n) is 2.05. The maximum absolute atomic E-state index is 9.85. The molecular weight excluding hydrogens is 168 g/mol. The Balaban J connectivity index is 4.37. The first-order valence-corrected chi connectivity index (χ1v) is 2.98. The molecule has 0 rings (SSSR count).